The Hall–Kier alpha value is -2.29. The number of rotatable bonds is 6. The lowest BCUT2D eigenvalue weighted by Crippen LogP contribution is -2.02. The van der Waals surface area contributed by atoms with E-state index in [-0.39, 0.29) is 0 Å². The molecule has 0 aliphatic carbocycles. The van der Waals surface area contributed by atoms with Crippen molar-refractivity contribution in [1.29, 1.82) is 0 Å². The fourth-order valence-electron chi connectivity index (χ4n) is 2.17. The number of ether oxygens (including phenoxy) is 2. The van der Waals surface area contributed by atoms with E-state index in [9.17, 15) is 4.79 Å². The predicted molar refractivity (Wildman–Crippen MR) is 78.5 cm³/mol. The number of methoxy groups -OCH3 is 1. The average molecular weight is 270 g/mol. The van der Waals surface area contributed by atoms with Gasteiger partial charge in [-0.15, -0.1) is 0 Å². The summed E-state index contributed by atoms with van der Waals surface area (Å²) in [5, 5.41) is 0. The highest BCUT2D eigenvalue weighted by Crippen LogP contribution is 2.34. The normalized spacial score (nSPS) is 10.1. The van der Waals surface area contributed by atoms with Crippen LogP contribution in [-0.2, 0) is 13.0 Å². The van der Waals surface area contributed by atoms with Gasteiger partial charge >= 0.3 is 0 Å². The summed E-state index contributed by atoms with van der Waals surface area (Å²) in [5.74, 6) is 1.31. The molecule has 0 N–H and O–H groups in total. The van der Waals surface area contributed by atoms with Crippen molar-refractivity contribution in [2.75, 3.05) is 7.11 Å². The molecule has 0 saturated carbocycles. The van der Waals surface area contributed by atoms with Gasteiger partial charge < -0.3 is 9.47 Å². The maximum atomic E-state index is 11.0. The summed E-state index contributed by atoms with van der Waals surface area (Å²) in [6.07, 6.45) is 1.57. The fraction of sp³-hybridized carbons (Fsp3) is 0.235. The standard InChI is InChI=1S/C17H18O3/c1-3-15-14(11-18)9-10-16(17(15)19-2)20-12-13-7-5-4-6-8-13/h4-11H,3,12H2,1-2H3. The molecule has 104 valence electrons. The second-order valence-corrected chi connectivity index (χ2v) is 4.41. The number of aldehydes is 1. The Bertz CT molecular complexity index is 576. The van der Waals surface area contributed by atoms with Gasteiger partial charge in [-0.1, -0.05) is 37.3 Å². The molecule has 3 nitrogen and oxygen atoms in total. The Morgan fingerprint density at radius 1 is 1.10 bits per heavy atom. The molecule has 2 aromatic rings. The Morgan fingerprint density at radius 3 is 2.45 bits per heavy atom. The van der Waals surface area contributed by atoms with Gasteiger partial charge in [0.25, 0.3) is 0 Å². The summed E-state index contributed by atoms with van der Waals surface area (Å²) in [7, 11) is 1.60. The van der Waals surface area contributed by atoms with Gasteiger partial charge in [-0.05, 0) is 24.1 Å². The molecule has 0 aromatic heterocycles. The maximum absolute atomic E-state index is 11.0. The molecule has 0 aliphatic heterocycles. The highest BCUT2D eigenvalue weighted by atomic mass is 16.5. The molecule has 0 atom stereocenters. The second-order valence-electron chi connectivity index (χ2n) is 4.41. The van der Waals surface area contributed by atoms with Gasteiger partial charge in [-0.25, -0.2) is 0 Å². The number of benzene rings is 2. The van der Waals surface area contributed by atoms with E-state index in [1.165, 1.54) is 0 Å². The first-order valence-electron chi connectivity index (χ1n) is 6.62. The Labute approximate surface area is 119 Å². The summed E-state index contributed by atoms with van der Waals surface area (Å²) in [5.41, 5.74) is 2.62. The van der Waals surface area contributed by atoms with Crippen LogP contribution >= 0.6 is 0 Å². The van der Waals surface area contributed by atoms with Crippen molar-refractivity contribution >= 4 is 6.29 Å². The molecule has 0 saturated heterocycles. The van der Waals surface area contributed by atoms with Crippen LogP contribution in [-0.4, -0.2) is 13.4 Å². The van der Waals surface area contributed by atoms with Crippen LogP contribution in [0.3, 0.4) is 0 Å². The number of carbonyl (C=O) groups is 1. The summed E-state index contributed by atoms with van der Waals surface area (Å²) in [6.45, 7) is 2.46. The topological polar surface area (TPSA) is 35.5 Å². The first kappa shape index (κ1) is 14.1. The monoisotopic (exact) mass is 270 g/mol. The zero-order valence-electron chi connectivity index (χ0n) is 11.8. The van der Waals surface area contributed by atoms with E-state index < -0.39 is 0 Å². The molecule has 0 fully saturated rings. The van der Waals surface area contributed by atoms with Crippen LogP contribution in [0, 0.1) is 0 Å². The van der Waals surface area contributed by atoms with Crippen LogP contribution < -0.4 is 9.47 Å². The van der Waals surface area contributed by atoms with E-state index >= 15 is 0 Å². The van der Waals surface area contributed by atoms with Crippen LogP contribution in [0.4, 0.5) is 0 Å². The highest BCUT2D eigenvalue weighted by molar-refractivity contribution is 5.79. The van der Waals surface area contributed by atoms with Gasteiger partial charge in [0.15, 0.2) is 11.5 Å². The molecular weight excluding hydrogens is 252 g/mol. The minimum atomic E-state index is 0.473. The Morgan fingerprint density at radius 2 is 1.85 bits per heavy atom. The van der Waals surface area contributed by atoms with Crippen molar-refractivity contribution in [2.45, 2.75) is 20.0 Å². The molecule has 0 spiro atoms. The Kier molecular flexibility index (Phi) is 4.77. The van der Waals surface area contributed by atoms with Gasteiger partial charge in [0.1, 0.15) is 12.9 Å². The van der Waals surface area contributed by atoms with Crippen LogP contribution in [0.5, 0.6) is 11.5 Å². The zero-order chi connectivity index (χ0) is 14.4. The molecule has 0 heterocycles. The number of hydrogen-bond acceptors (Lipinski definition) is 3. The average Bonchev–Trinajstić information content (AvgIpc) is 2.52. The summed E-state index contributed by atoms with van der Waals surface area (Å²) in [4.78, 5) is 11.0. The molecular formula is C17H18O3. The molecule has 0 amide bonds. The molecule has 0 bridgehead atoms. The molecule has 0 unspecified atom stereocenters. The van der Waals surface area contributed by atoms with Gasteiger partial charge in [0.2, 0.25) is 0 Å². The van der Waals surface area contributed by atoms with Crippen molar-refractivity contribution in [1.82, 2.24) is 0 Å². The SMILES string of the molecule is CCc1c(C=O)ccc(OCc2ccccc2)c1OC. The zero-order valence-corrected chi connectivity index (χ0v) is 11.8. The van der Waals surface area contributed by atoms with Gasteiger partial charge in [0.05, 0.1) is 7.11 Å². The van der Waals surface area contributed by atoms with Crippen molar-refractivity contribution in [3.05, 3.63) is 59.2 Å². The molecule has 0 aliphatic rings. The first-order valence-corrected chi connectivity index (χ1v) is 6.62. The van der Waals surface area contributed by atoms with Crippen LogP contribution in [0.1, 0.15) is 28.4 Å². The lowest BCUT2D eigenvalue weighted by molar-refractivity contribution is 0.112. The van der Waals surface area contributed by atoms with E-state index in [0.717, 1.165) is 23.8 Å². The summed E-state index contributed by atoms with van der Waals surface area (Å²) < 4.78 is 11.2. The van der Waals surface area contributed by atoms with Crippen LogP contribution in [0.2, 0.25) is 0 Å². The predicted octanol–water partition coefficient (Wildman–Crippen LogP) is 3.65. The van der Waals surface area contributed by atoms with Crippen molar-refractivity contribution in [3.8, 4) is 11.5 Å². The van der Waals surface area contributed by atoms with E-state index in [4.69, 9.17) is 9.47 Å². The largest absolute Gasteiger partial charge is 0.493 e. The third kappa shape index (κ3) is 2.99. The maximum Gasteiger partial charge on any atom is 0.164 e. The fourth-order valence-corrected chi connectivity index (χ4v) is 2.17. The first-order chi connectivity index (χ1) is 9.80. The lowest BCUT2D eigenvalue weighted by atomic mass is 10.0. The lowest BCUT2D eigenvalue weighted by Gasteiger charge is -2.15. The van der Waals surface area contributed by atoms with Gasteiger partial charge in [0, 0.05) is 11.1 Å². The third-order valence-electron chi connectivity index (χ3n) is 3.18. The van der Waals surface area contributed by atoms with Crippen molar-refractivity contribution in [3.63, 3.8) is 0 Å². The van der Waals surface area contributed by atoms with Gasteiger partial charge in [-0.2, -0.15) is 0 Å². The van der Waals surface area contributed by atoms with Crippen molar-refractivity contribution < 1.29 is 14.3 Å². The van der Waals surface area contributed by atoms with Crippen LogP contribution in [0.25, 0.3) is 0 Å². The van der Waals surface area contributed by atoms with E-state index in [1.54, 1.807) is 19.2 Å². The van der Waals surface area contributed by atoms with Crippen LogP contribution in [0.15, 0.2) is 42.5 Å². The summed E-state index contributed by atoms with van der Waals surface area (Å²) >= 11 is 0. The van der Waals surface area contributed by atoms with Crippen molar-refractivity contribution in [2.24, 2.45) is 0 Å². The minimum Gasteiger partial charge on any atom is -0.493 e. The van der Waals surface area contributed by atoms with Gasteiger partial charge in [-0.3, -0.25) is 4.79 Å². The second kappa shape index (κ2) is 6.75. The van der Waals surface area contributed by atoms with E-state index in [2.05, 4.69) is 0 Å². The molecule has 3 heteroatoms. The quantitative estimate of drug-likeness (QED) is 0.752. The molecule has 2 aromatic carbocycles. The molecule has 20 heavy (non-hydrogen) atoms. The van der Waals surface area contributed by atoms with E-state index in [1.807, 2.05) is 37.3 Å². The Balaban J connectivity index is 2.25. The minimum absolute atomic E-state index is 0.473. The highest BCUT2D eigenvalue weighted by Gasteiger charge is 2.13. The van der Waals surface area contributed by atoms with E-state index in [0.29, 0.717) is 23.7 Å². The molecule has 2 rings (SSSR count). The molecule has 0 radical (unpaired) electrons. The summed E-state index contributed by atoms with van der Waals surface area (Å²) in [6, 6.07) is 13.5. The number of carbonyl (C=O) groups excluding carboxylic acids is 1. The number of hydrogen-bond donors (Lipinski definition) is 0. The smallest absolute Gasteiger partial charge is 0.164 e. The third-order valence-corrected chi connectivity index (χ3v) is 3.18.